The smallest absolute Gasteiger partial charge is 0.240 e. The van der Waals surface area contributed by atoms with E-state index in [1.165, 1.54) is 0 Å². The molecule has 1 amide bonds. The molecular formula is C17H18ClN3O. The van der Waals surface area contributed by atoms with Crippen molar-refractivity contribution in [3.05, 3.63) is 45.6 Å². The summed E-state index contributed by atoms with van der Waals surface area (Å²) in [4.78, 5) is 19.1. The quantitative estimate of drug-likeness (QED) is 0.864. The fourth-order valence-electron chi connectivity index (χ4n) is 3.20. The van der Waals surface area contributed by atoms with Gasteiger partial charge < -0.3 is 5.73 Å². The molecule has 0 fully saturated rings. The van der Waals surface area contributed by atoms with E-state index in [4.69, 9.17) is 17.3 Å². The zero-order chi connectivity index (χ0) is 16.2. The van der Waals surface area contributed by atoms with E-state index in [2.05, 4.69) is 4.98 Å². The second kappa shape index (κ2) is 4.99. The van der Waals surface area contributed by atoms with Gasteiger partial charge >= 0.3 is 0 Å². The largest absolute Gasteiger partial charge is 0.398 e. The molecule has 3 rings (SSSR count). The van der Waals surface area contributed by atoms with Crippen LogP contribution in [0.4, 0.5) is 17.2 Å². The van der Waals surface area contributed by atoms with Crippen LogP contribution in [-0.4, -0.2) is 10.9 Å². The van der Waals surface area contributed by atoms with Crippen molar-refractivity contribution in [2.45, 2.75) is 33.6 Å². The van der Waals surface area contributed by atoms with Crippen LogP contribution in [0.1, 0.15) is 35.2 Å². The summed E-state index contributed by atoms with van der Waals surface area (Å²) in [5.74, 6) is 0.342. The van der Waals surface area contributed by atoms with E-state index in [1.54, 1.807) is 4.90 Å². The molecule has 22 heavy (non-hydrogen) atoms. The Hall–Kier alpha value is -2.07. The van der Waals surface area contributed by atoms with Crippen LogP contribution in [0.2, 0.25) is 5.02 Å². The lowest BCUT2D eigenvalue weighted by Crippen LogP contribution is -2.25. The standard InChI is InChI=1S/C17H18ClN3O/c1-8-5-12(18)6-9(2)15(8)21-16-14(11(4)17(21)22)13(19)7-10(3)20-16/h5-7,11H,1-4H3,(H2,19,20). The number of halogens is 1. The number of anilines is 3. The SMILES string of the molecule is Cc1cc(N)c2c(n1)N(c1c(C)cc(Cl)cc1C)C(=O)C2C. The zero-order valence-electron chi connectivity index (χ0n) is 13.1. The molecule has 1 aromatic carbocycles. The molecule has 0 radical (unpaired) electrons. The first-order valence-electron chi connectivity index (χ1n) is 7.19. The van der Waals surface area contributed by atoms with Crippen LogP contribution in [0, 0.1) is 20.8 Å². The maximum atomic E-state index is 12.8. The summed E-state index contributed by atoms with van der Waals surface area (Å²) in [5.41, 5.74) is 11.1. The Morgan fingerprint density at radius 2 is 1.77 bits per heavy atom. The number of carbonyl (C=O) groups is 1. The monoisotopic (exact) mass is 315 g/mol. The van der Waals surface area contributed by atoms with Crippen LogP contribution in [0.5, 0.6) is 0 Å². The molecule has 114 valence electrons. The number of hydrogen-bond donors (Lipinski definition) is 1. The Morgan fingerprint density at radius 3 is 2.36 bits per heavy atom. The second-order valence-corrected chi connectivity index (χ2v) is 6.31. The average molecular weight is 316 g/mol. The molecule has 1 unspecified atom stereocenters. The normalized spacial score (nSPS) is 17.0. The van der Waals surface area contributed by atoms with Crippen molar-refractivity contribution in [1.82, 2.24) is 4.98 Å². The summed E-state index contributed by atoms with van der Waals surface area (Å²) in [7, 11) is 0. The Labute approximate surface area is 134 Å². The van der Waals surface area contributed by atoms with E-state index in [0.717, 1.165) is 28.1 Å². The highest BCUT2D eigenvalue weighted by Crippen LogP contribution is 2.45. The first kappa shape index (κ1) is 14.9. The predicted octanol–water partition coefficient (Wildman–Crippen LogP) is 4.02. The molecule has 1 aliphatic rings. The third-order valence-electron chi connectivity index (χ3n) is 4.11. The van der Waals surface area contributed by atoms with Crippen molar-refractivity contribution in [1.29, 1.82) is 0 Å². The van der Waals surface area contributed by atoms with Gasteiger partial charge in [-0.1, -0.05) is 11.6 Å². The number of benzene rings is 1. The Bertz CT molecular complexity index is 778. The lowest BCUT2D eigenvalue weighted by molar-refractivity contribution is -0.118. The van der Waals surface area contributed by atoms with Gasteiger partial charge in [-0.15, -0.1) is 0 Å². The molecule has 2 N–H and O–H groups in total. The summed E-state index contributed by atoms with van der Waals surface area (Å²) in [6, 6.07) is 5.53. The fraction of sp³-hybridized carbons (Fsp3) is 0.294. The lowest BCUT2D eigenvalue weighted by atomic mass is 10.0. The number of carbonyl (C=O) groups excluding carboxylic acids is 1. The van der Waals surface area contributed by atoms with Crippen molar-refractivity contribution in [3.8, 4) is 0 Å². The minimum atomic E-state index is -0.294. The fourth-order valence-corrected chi connectivity index (χ4v) is 3.53. The molecule has 4 nitrogen and oxygen atoms in total. The van der Waals surface area contributed by atoms with Gasteiger partial charge in [0.25, 0.3) is 0 Å². The number of nitrogens with two attached hydrogens (primary N) is 1. The van der Waals surface area contributed by atoms with E-state index in [1.807, 2.05) is 45.9 Å². The van der Waals surface area contributed by atoms with Crippen LogP contribution < -0.4 is 10.6 Å². The van der Waals surface area contributed by atoms with E-state index < -0.39 is 0 Å². The number of aryl methyl sites for hydroxylation is 3. The number of hydrogen-bond acceptors (Lipinski definition) is 3. The number of amides is 1. The molecule has 2 heterocycles. The van der Waals surface area contributed by atoms with Gasteiger partial charge in [-0.3, -0.25) is 9.69 Å². The van der Waals surface area contributed by atoms with Crippen LogP contribution >= 0.6 is 11.6 Å². The van der Waals surface area contributed by atoms with E-state index in [-0.39, 0.29) is 11.8 Å². The van der Waals surface area contributed by atoms with Crippen LogP contribution in [-0.2, 0) is 4.79 Å². The molecule has 1 aliphatic heterocycles. The third-order valence-corrected chi connectivity index (χ3v) is 4.33. The van der Waals surface area contributed by atoms with Gasteiger partial charge in [-0.2, -0.15) is 0 Å². The summed E-state index contributed by atoms with van der Waals surface area (Å²) >= 11 is 6.11. The molecule has 1 aromatic heterocycles. The van der Waals surface area contributed by atoms with Crippen LogP contribution in [0.15, 0.2) is 18.2 Å². The molecule has 0 aliphatic carbocycles. The van der Waals surface area contributed by atoms with Crippen molar-refractivity contribution >= 4 is 34.7 Å². The average Bonchev–Trinajstić information content (AvgIpc) is 2.62. The molecule has 1 atom stereocenters. The molecule has 0 saturated heterocycles. The van der Waals surface area contributed by atoms with Gasteiger partial charge in [0.1, 0.15) is 5.82 Å². The first-order chi connectivity index (χ1) is 10.3. The maximum absolute atomic E-state index is 12.8. The lowest BCUT2D eigenvalue weighted by Gasteiger charge is -2.22. The van der Waals surface area contributed by atoms with Crippen molar-refractivity contribution in [3.63, 3.8) is 0 Å². The highest BCUT2D eigenvalue weighted by molar-refractivity contribution is 6.31. The van der Waals surface area contributed by atoms with Crippen LogP contribution in [0.25, 0.3) is 0 Å². The van der Waals surface area contributed by atoms with E-state index in [0.29, 0.717) is 16.5 Å². The maximum Gasteiger partial charge on any atom is 0.240 e. The van der Waals surface area contributed by atoms with Gasteiger partial charge in [-0.25, -0.2) is 4.98 Å². The molecule has 0 spiro atoms. The molecule has 5 heteroatoms. The van der Waals surface area contributed by atoms with E-state index >= 15 is 0 Å². The number of rotatable bonds is 1. The van der Waals surface area contributed by atoms with Gasteiger partial charge in [0.2, 0.25) is 5.91 Å². The number of pyridine rings is 1. The van der Waals surface area contributed by atoms with Gasteiger partial charge in [0, 0.05) is 22.0 Å². The Balaban J connectivity index is 2.29. The number of nitrogen functional groups attached to an aromatic ring is 1. The molecule has 0 bridgehead atoms. The van der Waals surface area contributed by atoms with Gasteiger partial charge in [-0.05, 0) is 57.0 Å². The second-order valence-electron chi connectivity index (χ2n) is 5.87. The minimum absolute atomic E-state index is 0.00618. The number of fused-ring (bicyclic) bond motifs is 1. The van der Waals surface area contributed by atoms with Crippen molar-refractivity contribution < 1.29 is 4.79 Å². The number of nitrogens with zero attached hydrogens (tertiary/aromatic N) is 2. The predicted molar refractivity (Wildman–Crippen MR) is 89.9 cm³/mol. The summed E-state index contributed by atoms with van der Waals surface area (Å²) in [6.45, 7) is 7.64. The highest BCUT2D eigenvalue weighted by atomic mass is 35.5. The zero-order valence-corrected chi connectivity index (χ0v) is 13.8. The van der Waals surface area contributed by atoms with Gasteiger partial charge in [0.05, 0.1) is 11.6 Å². The third kappa shape index (κ3) is 2.06. The number of aromatic nitrogens is 1. The van der Waals surface area contributed by atoms with E-state index in [9.17, 15) is 4.79 Å². The topological polar surface area (TPSA) is 59.2 Å². The summed E-state index contributed by atoms with van der Waals surface area (Å²) < 4.78 is 0. The Morgan fingerprint density at radius 1 is 1.18 bits per heavy atom. The highest BCUT2D eigenvalue weighted by Gasteiger charge is 2.39. The summed E-state index contributed by atoms with van der Waals surface area (Å²) in [6.07, 6.45) is 0. The van der Waals surface area contributed by atoms with Crippen molar-refractivity contribution in [2.24, 2.45) is 0 Å². The van der Waals surface area contributed by atoms with Crippen molar-refractivity contribution in [2.75, 3.05) is 10.6 Å². The molecule has 0 saturated carbocycles. The van der Waals surface area contributed by atoms with Crippen LogP contribution in [0.3, 0.4) is 0 Å². The molecular weight excluding hydrogens is 298 g/mol. The summed E-state index contributed by atoms with van der Waals surface area (Å²) in [5, 5.41) is 0.662. The van der Waals surface area contributed by atoms with Gasteiger partial charge in [0.15, 0.2) is 0 Å². The Kier molecular flexibility index (Phi) is 3.37. The minimum Gasteiger partial charge on any atom is -0.398 e. The molecule has 2 aromatic rings. The first-order valence-corrected chi connectivity index (χ1v) is 7.56.